The van der Waals surface area contributed by atoms with Gasteiger partial charge in [-0.15, -0.1) is 0 Å². The summed E-state index contributed by atoms with van der Waals surface area (Å²) in [6.45, 7) is 1.77. The van der Waals surface area contributed by atoms with E-state index in [4.69, 9.17) is 4.52 Å². The molecule has 0 fully saturated rings. The Hall–Kier alpha value is -4.33. The first-order valence-electron chi connectivity index (χ1n) is 10.4. The van der Waals surface area contributed by atoms with E-state index >= 15 is 0 Å². The number of imidazole rings is 1. The van der Waals surface area contributed by atoms with Gasteiger partial charge in [-0.25, -0.2) is 14.4 Å². The Bertz CT molecular complexity index is 1440. The largest absolute Gasteiger partial charge is 0.338 e. The van der Waals surface area contributed by atoms with E-state index in [1.807, 2.05) is 41.9 Å². The van der Waals surface area contributed by atoms with Gasteiger partial charge < -0.3 is 14.4 Å². The molecule has 0 aliphatic carbocycles. The number of benzene rings is 2. The topological polar surface area (TPSA) is 85.8 Å². The number of amides is 1. The number of carbonyl (C=O) groups is 1. The number of aromatic nitrogens is 4. The van der Waals surface area contributed by atoms with Gasteiger partial charge in [0.05, 0.1) is 22.3 Å². The number of hydrogen-bond acceptors (Lipinski definition) is 5. The second-order valence-electron chi connectivity index (χ2n) is 7.72. The molecule has 8 heteroatoms. The molecule has 0 saturated heterocycles. The Morgan fingerprint density at radius 1 is 1.12 bits per heavy atom. The normalized spacial score (nSPS) is 12.1. The van der Waals surface area contributed by atoms with Gasteiger partial charge in [0.2, 0.25) is 0 Å². The predicted octanol–water partition coefficient (Wildman–Crippen LogP) is 4.59. The molecule has 3 aromatic heterocycles. The first-order valence-corrected chi connectivity index (χ1v) is 10.4. The molecule has 1 unspecified atom stereocenters. The molecule has 0 radical (unpaired) electrons. The maximum absolute atomic E-state index is 13.6. The Labute approximate surface area is 188 Å². The number of hydrogen-bond donors (Lipinski definition) is 1. The molecule has 0 bridgehead atoms. The van der Waals surface area contributed by atoms with Crippen LogP contribution in [-0.2, 0) is 7.05 Å². The van der Waals surface area contributed by atoms with Crippen LogP contribution in [0.5, 0.6) is 0 Å². The summed E-state index contributed by atoms with van der Waals surface area (Å²) in [7, 11) is 1.84. The van der Waals surface area contributed by atoms with Gasteiger partial charge in [0.15, 0.2) is 0 Å². The average Bonchev–Trinajstić information content (AvgIpc) is 3.43. The van der Waals surface area contributed by atoms with Crippen molar-refractivity contribution in [3.8, 4) is 11.3 Å². The average molecular weight is 441 g/mol. The van der Waals surface area contributed by atoms with E-state index in [-0.39, 0.29) is 17.4 Å². The molecular formula is C25H20FN5O2. The Balaban J connectivity index is 1.60. The minimum atomic E-state index is -0.596. The minimum Gasteiger partial charge on any atom is -0.338 e. The monoisotopic (exact) mass is 441 g/mol. The Morgan fingerprint density at radius 2 is 1.88 bits per heavy atom. The van der Waals surface area contributed by atoms with Crippen molar-refractivity contribution in [2.75, 3.05) is 0 Å². The van der Waals surface area contributed by atoms with Crippen molar-refractivity contribution in [2.24, 2.45) is 7.05 Å². The summed E-state index contributed by atoms with van der Waals surface area (Å²) in [6, 6.07) is 16.7. The standard InChI is InChI=1S/C25H20FN5O2/c1-15-21-19(14-20(28-25(21)33-30-15)16-6-4-3-5-7-16)24(32)29-22(23-27-12-13-31(23)2)17-8-10-18(26)11-9-17/h3-14,22H,1-2H3,(H,29,32). The van der Waals surface area contributed by atoms with Crippen molar-refractivity contribution < 1.29 is 13.7 Å². The van der Waals surface area contributed by atoms with Crippen molar-refractivity contribution in [1.82, 2.24) is 25.0 Å². The zero-order chi connectivity index (χ0) is 22.9. The van der Waals surface area contributed by atoms with Crippen molar-refractivity contribution in [3.63, 3.8) is 0 Å². The van der Waals surface area contributed by atoms with Crippen LogP contribution in [0, 0.1) is 12.7 Å². The summed E-state index contributed by atoms with van der Waals surface area (Å²) in [5.41, 5.74) is 3.39. The van der Waals surface area contributed by atoms with E-state index in [1.165, 1.54) is 12.1 Å². The molecule has 2 aromatic carbocycles. The number of nitrogens with one attached hydrogen (secondary N) is 1. The molecule has 0 saturated carbocycles. The summed E-state index contributed by atoms with van der Waals surface area (Å²) >= 11 is 0. The van der Waals surface area contributed by atoms with Crippen LogP contribution in [0.2, 0.25) is 0 Å². The van der Waals surface area contributed by atoms with E-state index in [0.717, 1.165) is 5.56 Å². The van der Waals surface area contributed by atoms with Gasteiger partial charge in [-0.2, -0.15) is 0 Å². The lowest BCUT2D eigenvalue weighted by atomic mass is 10.0. The minimum absolute atomic E-state index is 0.286. The molecule has 1 N–H and O–H groups in total. The number of halogens is 1. The predicted molar refractivity (Wildman–Crippen MR) is 121 cm³/mol. The Kier molecular flexibility index (Phi) is 5.18. The first-order chi connectivity index (χ1) is 16.0. The summed E-state index contributed by atoms with van der Waals surface area (Å²) in [5, 5.41) is 7.61. The fraction of sp³-hybridized carbons (Fsp3) is 0.120. The third-order valence-electron chi connectivity index (χ3n) is 5.53. The highest BCUT2D eigenvalue weighted by atomic mass is 19.1. The number of pyridine rings is 1. The summed E-state index contributed by atoms with van der Waals surface area (Å²) in [6.07, 6.45) is 3.45. The summed E-state index contributed by atoms with van der Waals surface area (Å²) in [4.78, 5) is 22.6. The van der Waals surface area contributed by atoms with E-state index in [1.54, 1.807) is 37.5 Å². The molecule has 164 valence electrons. The lowest BCUT2D eigenvalue weighted by Crippen LogP contribution is -2.31. The molecule has 0 spiro atoms. The maximum Gasteiger partial charge on any atom is 0.259 e. The van der Waals surface area contributed by atoms with Crippen molar-refractivity contribution in [2.45, 2.75) is 13.0 Å². The van der Waals surface area contributed by atoms with Crippen LogP contribution in [0.25, 0.3) is 22.4 Å². The summed E-state index contributed by atoms with van der Waals surface area (Å²) in [5.74, 6) is -0.0825. The molecule has 5 aromatic rings. The van der Waals surface area contributed by atoms with E-state index in [9.17, 15) is 9.18 Å². The van der Waals surface area contributed by atoms with E-state index < -0.39 is 6.04 Å². The fourth-order valence-corrected chi connectivity index (χ4v) is 3.85. The molecular weight excluding hydrogens is 421 g/mol. The number of carbonyl (C=O) groups excluding carboxylic acids is 1. The van der Waals surface area contributed by atoms with Gasteiger partial charge in [0, 0.05) is 25.0 Å². The molecule has 7 nitrogen and oxygen atoms in total. The zero-order valence-electron chi connectivity index (χ0n) is 18.0. The van der Waals surface area contributed by atoms with E-state index in [0.29, 0.717) is 33.7 Å². The zero-order valence-corrected chi connectivity index (χ0v) is 18.0. The lowest BCUT2D eigenvalue weighted by molar-refractivity contribution is 0.0942. The fourth-order valence-electron chi connectivity index (χ4n) is 3.85. The van der Waals surface area contributed by atoms with Crippen LogP contribution in [0.3, 0.4) is 0 Å². The molecule has 3 heterocycles. The lowest BCUT2D eigenvalue weighted by Gasteiger charge is -2.19. The number of aryl methyl sites for hydroxylation is 2. The summed E-state index contributed by atoms with van der Waals surface area (Å²) < 4.78 is 20.8. The molecule has 33 heavy (non-hydrogen) atoms. The van der Waals surface area contributed by atoms with Gasteiger partial charge in [-0.3, -0.25) is 4.79 Å². The number of rotatable bonds is 5. The molecule has 0 aliphatic rings. The molecule has 0 aliphatic heterocycles. The van der Waals surface area contributed by atoms with Crippen LogP contribution < -0.4 is 5.32 Å². The van der Waals surface area contributed by atoms with Crippen LogP contribution >= 0.6 is 0 Å². The van der Waals surface area contributed by atoms with Crippen LogP contribution in [0.1, 0.15) is 33.5 Å². The number of nitrogens with zero attached hydrogens (tertiary/aromatic N) is 4. The molecule has 1 atom stereocenters. The molecule has 5 rings (SSSR count). The Morgan fingerprint density at radius 3 is 2.58 bits per heavy atom. The highest BCUT2D eigenvalue weighted by molar-refractivity contribution is 6.07. The highest BCUT2D eigenvalue weighted by Crippen LogP contribution is 2.28. The maximum atomic E-state index is 13.6. The van der Waals surface area contributed by atoms with Crippen LogP contribution in [0.4, 0.5) is 4.39 Å². The quantitative estimate of drug-likeness (QED) is 0.431. The second kappa shape index (κ2) is 8.31. The first kappa shape index (κ1) is 20.6. The van der Waals surface area contributed by atoms with Gasteiger partial charge in [-0.05, 0) is 30.7 Å². The van der Waals surface area contributed by atoms with Gasteiger partial charge >= 0.3 is 0 Å². The SMILES string of the molecule is Cc1noc2nc(-c3ccccc3)cc(C(=O)NC(c3ccc(F)cc3)c3nccn3C)c12. The molecule has 1 amide bonds. The van der Waals surface area contributed by atoms with Crippen molar-refractivity contribution >= 4 is 17.0 Å². The van der Waals surface area contributed by atoms with E-state index in [2.05, 4.69) is 20.4 Å². The smallest absolute Gasteiger partial charge is 0.259 e. The van der Waals surface area contributed by atoms with Gasteiger partial charge in [-0.1, -0.05) is 47.6 Å². The van der Waals surface area contributed by atoms with Crippen LogP contribution in [0.15, 0.2) is 77.6 Å². The van der Waals surface area contributed by atoms with Crippen molar-refractivity contribution in [1.29, 1.82) is 0 Å². The highest BCUT2D eigenvalue weighted by Gasteiger charge is 2.25. The third kappa shape index (κ3) is 3.87. The second-order valence-corrected chi connectivity index (χ2v) is 7.72. The van der Waals surface area contributed by atoms with Crippen LogP contribution in [-0.4, -0.2) is 25.6 Å². The van der Waals surface area contributed by atoms with Crippen molar-refractivity contribution in [3.05, 3.63) is 102 Å². The number of fused-ring (bicyclic) bond motifs is 1. The van der Waals surface area contributed by atoms with Gasteiger partial charge in [0.25, 0.3) is 11.6 Å². The van der Waals surface area contributed by atoms with Gasteiger partial charge in [0.1, 0.15) is 17.7 Å². The third-order valence-corrected chi connectivity index (χ3v) is 5.53.